The van der Waals surface area contributed by atoms with Crippen molar-refractivity contribution in [2.75, 3.05) is 0 Å². The first-order valence-electron chi connectivity index (χ1n) is 6.53. The highest BCUT2D eigenvalue weighted by Gasteiger charge is 2.53. The summed E-state index contributed by atoms with van der Waals surface area (Å²) in [6, 6.07) is 10.7. The van der Waals surface area contributed by atoms with Gasteiger partial charge in [-0.25, -0.2) is 4.39 Å². The van der Waals surface area contributed by atoms with Crippen LogP contribution in [0.4, 0.5) is 17.6 Å². The summed E-state index contributed by atoms with van der Waals surface area (Å²) in [5, 5.41) is 10.2. The fourth-order valence-corrected chi connectivity index (χ4v) is 2.06. The molecule has 0 radical (unpaired) electrons. The molecule has 1 unspecified atom stereocenters. The van der Waals surface area contributed by atoms with E-state index in [9.17, 15) is 22.7 Å². The zero-order valence-electron chi connectivity index (χ0n) is 11.7. The molecular weight excluding hydrogens is 296 g/mol. The number of hydrogen-bond donors (Lipinski definition) is 1. The van der Waals surface area contributed by atoms with Gasteiger partial charge in [0.15, 0.2) is 0 Å². The summed E-state index contributed by atoms with van der Waals surface area (Å²) in [4.78, 5) is 0. The van der Waals surface area contributed by atoms with Crippen molar-refractivity contribution in [3.05, 3.63) is 77.1 Å². The molecule has 0 heterocycles. The Kier molecular flexibility index (Phi) is 4.37. The highest BCUT2D eigenvalue weighted by Crippen LogP contribution is 2.40. The van der Waals surface area contributed by atoms with Gasteiger partial charge in [-0.15, -0.1) is 0 Å². The molecule has 1 nitrogen and oxygen atoms in total. The topological polar surface area (TPSA) is 20.2 Å². The zero-order valence-corrected chi connectivity index (χ0v) is 11.7. The molecule has 2 aromatic rings. The van der Waals surface area contributed by atoms with Crippen LogP contribution < -0.4 is 0 Å². The third kappa shape index (κ3) is 3.36. The van der Waals surface area contributed by atoms with E-state index in [1.54, 1.807) is 13.0 Å². The van der Waals surface area contributed by atoms with Gasteiger partial charge in [-0.05, 0) is 36.3 Å². The smallest absolute Gasteiger partial charge is 0.373 e. The maximum atomic E-state index is 13.3. The summed E-state index contributed by atoms with van der Waals surface area (Å²) >= 11 is 0. The summed E-state index contributed by atoms with van der Waals surface area (Å²) in [5.41, 5.74) is -2.59. The molecule has 0 aliphatic heterocycles. The van der Waals surface area contributed by atoms with Crippen LogP contribution in [0.3, 0.4) is 0 Å². The van der Waals surface area contributed by atoms with Gasteiger partial charge in [-0.2, -0.15) is 13.2 Å². The van der Waals surface area contributed by atoms with Crippen LogP contribution in [0.2, 0.25) is 0 Å². The molecule has 0 aliphatic rings. The fourth-order valence-electron chi connectivity index (χ4n) is 2.06. The lowest BCUT2D eigenvalue weighted by Crippen LogP contribution is -2.40. The molecule has 22 heavy (non-hydrogen) atoms. The van der Waals surface area contributed by atoms with Gasteiger partial charge in [0.25, 0.3) is 0 Å². The Balaban J connectivity index is 2.47. The largest absolute Gasteiger partial charge is 0.425 e. The van der Waals surface area contributed by atoms with Crippen molar-refractivity contribution in [3.63, 3.8) is 0 Å². The predicted octanol–water partition coefficient (Wildman–Crippen LogP) is 4.60. The molecule has 0 spiro atoms. The van der Waals surface area contributed by atoms with Crippen LogP contribution in [0.1, 0.15) is 16.7 Å². The quantitative estimate of drug-likeness (QED) is 0.822. The molecule has 0 amide bonds. The second kappa shape index (κ2) is 5.93. The highest BCUT2D eigenvalue weighted by molar-refractivity contribution is 5.52. The Morgan fingerprint density at radius 2 is 1.68 bits per heavy atom. The lowest BCUT2D eigenvalue weighted by atomic mass is 9.91. The molecule has 116 valence electrons. The Labute approximate surface area is 125 Å². The van der Waals surface area contributed by atoms with Crippen LogP contribution >= 0.6 is 0 Å². The van der Waals surface area contributed by atoms with Gasteiger partial charge in [0.2, 0.25) is 5.60 Å². The van der Waals surface area contributed by atoms with Gasteiger partial charge < -0.3 is 5.11 Å². The SMILES string of the molecule is Cc1cccc(C(O)(C=Cc2cccc(F)c2)C(F)(F)F)c1. The third-order valence-electron chi connectivity index (χ3n) is 3.26. The number of aryl methyl sites for hydroxylation is 1. The zero-order chi connectivity index (χ0) is 16.4. The first kappa shape index (κ1) is 16.2. The van der Waals surface area contributed by atoms with E-state index in [1.807, 2.05) is 0 Å². The Morgan fingerprint density at radius 3 is 2.27 bits per heavy atom. The van der Waals surface area contributed by atoms with Gasteiger partial charge in [0.05, 0.1) is 0 Å². The number of aliphatic hydroxyl groups is 1. The summed E-state index contributed by atoms with van der Waals surface area (Å²) in [5.74, 6) is -0.562. The van der Waals surface area contributed by atoms with E-state index < -0.39 is 17.6 Å². The summed E-state index contributed by atoms with van der Waals surface area (Å²) in [7, 11) is 0. The molecule has 0 saturated heterocycles. The van der Waals surface area contributed by atoms with Crippen LogP contribution in [0.25, 0.3) is 6.08 Å². The first-order valence-corrected chi connectivity index (χ1v) is 6.53. The molecule has 0 fully saturated rings. The average molecular weight is 310 g/mol. The monoisotopic (exact) mass is 310 g/mol. The lowest BCUT2D eigenvalue weighted by Gasteiger charge is -2.28. The van der Waals surface area contributed by atoms with Crippen molar-refractivity contribution in [2.45, 2.75) is 18.7 Å². The van der Waals surface area contributed by atoms with E-state index in [2.05, 4.69) is 0 Å². The van der Waals surface area contributed by atoms with Crippen LogP contribution in [0, 0.1) is 12.7 Å². The van der Waals surface area contributed by atoms with E-state index in [0.717, 1.165) is 12.1 Å². The molecule has 0 saturated carbocycles. The molecule has 2 rings (SSSR count). The van der Waals surface area contributed by atoms with Crippen molar-refractivity contribution < 1.29 is 22.7 Å². The molecule has 2 aromatic carbocycles. The number of halogens is 4. The van der Waals surface area contributed by atoms with Gasteiger partial charge in [-0.3, -0.25) is 0 Å². The van der Waals surface area contributed by atoms with Crippen LogP contribution in [-0.2, 0) is 5.60 Å². The Bertz CT molecular complexity index is 691. The van der Waals surface area contributed by atoms with Crippen molar-refractivity contribution >= 4 is 6.08 Å². The van der Waals surface area contributed by atoms with Crippen molar-refractivity contribution in [1.29, 1.82) is 0 Å². The maximum Gasteiger partial charge on any atom is 0.425 e. The number of rotatable bonds is 3. The van der Waals surface area contributed by atoms with Crippen LogP contribution in [0.15, 0.2) is 54.6 Å². The van der Waals surface area contributed by atoms with Gasteiger partial charge in [-0.1, -0.05) is 48.0 Å². The standard InChI is InChI=1S/C17H14F4O/c1-12-4-2-6-14(10-12)16(22,17(19,20)21)9-8-13-5-3-7-15(18)11-13/h2-11,22H,1H3. The minimum absolute atomic E-state index is 0.232. The normalized spacial score (nSPS) is 15.0. The molecule has 0 aliphatic carbocycles. The van der Waals surface area contributed by atoms with Crippen molar-refractivity contribution in [1.82, 2.24) is 0 Å². The minimum Gasteiger partial charge on any atom is -0.373 e. The van der Waals surface area contributed by atoms with Crippen LogP contribution in [-0.4, -0.2) is 11.3 Å². The Morgan fingerprint density at radius 1 is 1.00 bits per heavy atom. The molecule has 5 heteroatoms. The van der Waals surface area contributed by atoms with E-state index in [4.69, 9.17) is 0 Å². The summed E-state index contributed by atoms with van der Waals surface area (Å²) in [6.07, 6.45) is -3.21. The van der Waals surface area contributed by atoms with Crippen molar-refractivity contribution in [2.24, 2.45) is 0 Å². The second-order valence-corrected chi connectivity index (χ2v) is 5.02. The lowest BCUT2D eigenvalue weighted by molar-refractivity contribution is -0.244. The van der Waals surface area contributed by atoms with Gasteiger partial charge in [0.1, 0.15) is 5.82 Å². The number of hydrogen-bond acceptors (Lipinski definition) is 1. The maximum absolute atomic E-state index is 13.3. The number of alkyl halides is 3. The van der Waals surface area contributed by atoms with Crippen molar-refractivity contribution in [3.8, 4) is 0 Å². The average Bonchev–Trinajstić information content (AvgIpc) is 2.43. The molecule has 0 bridgehead atoms. The van der Waals surface area contributed by atoms with Gasteiger partial charge in [0, 0.05) is 0 Å². The van der Waals surface area contributed by atoms with Crippen LogP contribution in [0.5, 0.6) is 0 Å². The van der Waals surface area contributed by atoms with E-state index in [-0.39, 0.29) is 11.1 Å². The first-order chi connectivity index (χ1) is 10.2. The second-order valence-electron chi connectivity index (χ2n) is 5.02. The Hall–Kier alpha value is -2.14. The predicted molar refractivity (Wildman–Crippen MR) is 76.6 cm³/mol. The molecule has 1 N–H and O–H groups in total. The number of benzene rings is 2. The molecule has 1 atom stereocenters. The fraction of sp³-hybridized carbons (Fsp3) is 0.176. The minimum atomic E-state index is -4.90. The summed E-state index contributed by atoms with van der Waals surface area (Å²) in [6.45, 7) is 1.64. The van der Waals surface area contributed by atoms with E-state index in [0.29, 0.717) is 11.6 Å². The van der Waals surface area contributed by atoms with Gasteiger partial charge >= 0.3 is 6.18 Å². The molecular formula is C17H14F4O. The van der Waals surface area contributed by atoms with E-state index >= 15 is 0 Å². The summed E-state index contributed by atoms with van der Waals surface area (Å²) < 4.78 is 53.1. The third-order valence-corrected chi connectivity index (χ3v) is 3.26. The van der Waals surface area contributed by atoms with E-state index in [1.165, 1.54) is 36.4 Å². The highest BCUT2D eigenvalue weighted by atomic mass is 19.4. The molecule has 0 aromatic heterocycles.